The van der Waals surface area contributed by atoms with Gasteiger partial charge in [0.25, 0.3) is 0 Å². The summed E-state index contributed by atoms with van der Waals surface area (Å²) in [5, 5.41) is 0. The Balaban J connectivity index is 2.81. The lowest BCUT2D eigenvalue weighted by atomic mass is 10.0. The van der Waals surface area contributed by atoms with Gasteiger partial charge in [-0.15, -0.1) is 0 Å². The molecule has 1 amide bonds. The topological polar surface area (TPSA) is 46.3 Å². The molecule has 0 heterocycles. The molecule has 1 atom stereocenters. The quantitative estimate of drug-likeness (QED) is 0.892. The van der Waals surface area contributed by atoms with Gasteiger partial charge in [0.1, 0.15) is 0 Å². The molecule has 0 radical (unpaired) electrons. The third-order valence-corrected chi connectivity index (χ3v) is 3.05. The minimum absolute atomic E-state index is 0.0338. The Hall–Kier alpha value is -1.49. The second-order valence-corrected chi connectivity index (χ2v) is 4.87. The van der Waals surface area contributed by atoms with Crippen LogP contribution in [0.3, 0.4) is 0 Å². The normalized spacial score (nSPS) is 12.6. The Kier molecular flexibility index (Phi) is 5.42. The molecule has 1 unspecified atom stereocenters. The third kappa shape index (κ3) is 3.99. The Morgan fingerprint density at radius 1 is 1.32 bits per heavy atom. The molecule has 0 aliphatic carbocycles. The standard InChI is InChI=1S/C14H20F2N2O/c1-4-18(14(19)13(17)9(2)3)8-10-5-6-11(15)12(16)7-10/h5-7,9,13H,4,8,17H2,1-3H3. The first-order valence-electron chi connectivity index (χ1n) is 6.35. The van der Waals surface area contributed by atoms with E-state index in [1.807, 2.05) is 20.8 Å². The van der Waals surface area contributed by atoms with Crippen molar-refractivity contribution in [2.75, 3.05) is 6.54 Å². The Morgan fingerprint density at radius 2 is 1.95 bits per heavy atom. The number of rotatable bonds is 5. The average Bonchev–Trinajstić information content (AvgIpc) is 2.38. The van der Waals surface area contributed by atoms with Gasteiger partial charge in [0, 0.05) is 13.1 Å². The number of amides is 1. The van der Waals surface area contributed by atoms with Crippen LogP contribution in [0.4, 0.5) is 8.78 Å². The highest BCUT2D eigenvalue weighted by Crippen LogP contribution is 2.12. The van der Waals surface area contributed by atoms with Gasteiger partial charge in [0.05, 0.1) is 6.04 Å². The van der Waals surface area contributed by atoms with E-state index >= 15 is 0 Å². The monoisotopic (exact) mass is 270 g/mol. The smallest absolute Gasteiger partial charge is 0.240 e. The molecule has 0 aliphatic heterocycles. The van der Waals surface area contributed by atoms with E-state index in [1.165, 1.54) is 11.0 Å². The number of halogens is 2. The van der Waals surface area contributed by atoms with Gasteiger partial charge in [-0.05, 0) is 30.5 Å². The van der Waals surface area contributed by atoms with Crippen LogP contribution in [-0.4, -0.2) is 23.4 Å². The first-order valence-corrected chi connectivity index (χ1v) is 6.35. The number of carbonyl (C=O) groups is 1. The maximum atomic E-state index is 13.1. The van der Waals surface area contributed by atoms with Crippen molar-refractivity contribution in [3.63, 3.8) is 0 Å². The summed E-state index contributed by atoms with van der Waals surface area (Å²) in [5.41, 5.74) is 6.37. The molecule has 0 spiro atoms. The summed E-state index contributed by atoms with van der Waals surface area (Å²) in [5.74, 6) is -1.94. The summed E-state index contributed by atoms with van der Waals surface area (Å²) in [6.07, 6.45) is 0. The SMILES string of the molecule is CCN(Cc1ccc(F)c(F)c1)C(=O)C(N)C(C)C. The summed E-state index contributed by atoms with van der Waals surface area (Å²) in [7, 11) is 0. The van der Waals surface area contributed by atoms with Crippen LogP contribution in [0.25, 0.3) is 0 Å². The largest absolute Gasteiger partial charge is 0.337 e. The van der Waals surface area contributed by atoms with Crippen LogP contribution in [0, 0.1) is 17.6 Å². The Labute approximate surface area is 112 Å². The van der Waals surface area contributed by atoms with Crippen molar-refractivity contribution in [1.29, 1.82) is 0 Å². The predicted octanol–water partition coefficient (Wildman–Crippen LogP) is 2.30. The number of likely N-dealkylation sites (N-methyl/N-ethyl adjacent to an activating group) is 1. The molecule has 3 nitrogen and oxygen atoms in total. The lowest BCUT2D eigenvalue weighted by Gasteiger charge is -2.26. The first kappa shape index (κ1) is 15.6. The van der Waals surface area contributed by atoms with Crippen LogP contribution in [-0.2, 0) is 11.3 Å². The lowest BCUT2D eigenvalue weighted by molar-refractivity contribution is -0.134. The molecule has 0 bridgehead atoms. The molecule has 0 saturated heterocycles. The van der Waals surface area contributed by atoms with E-state index in [-0.39, 0.29) is 18.4 Å². The fourth-order valence-electron chi connectivity index (χ4n) is 1.70. The molecule has 1 aromatic rings. The van der Waals surface area contributed by atoms with Gasteiger partial charge >= 0.3 is 0 Å². The Morgan fingerprint density at radius 3 is 2.42 bits per heavy atom. The van der Waals surface area contributed by atoms with Crippen molar-refractivity contribution >= 4 is 5.91 Å². The highest BCUT2D eigenvalue weighted by molar-refractivity contribution is 5.81. The molecule has 1 aromatic carbocycles. The molecule has 0 saturated carbocycles. The fraction of sp³-hybridized carbons (Fsp3) is 0.500. The van der Waals surface area contributed by atoms with Gasteiger partial charge in [-0.1, -0.05) is 19.9 Å². The van der Waals surface area contributed by atoms with E-state index in [0.29, 0.717) is 12.1 Å². The molecule has 5 heteroatoms. The van der Waals surface area contributed by atoms with E-state index in [1.54, 1.807) is 0 Å². The second kappa shape index (κ2) is 6.61. The summed E-state index contributed by atoms with van der Waals surface area (Å²) >= 11 is 0. The van der Waals surface area contributed by atoms with Crippen molar-refractivity contribution in [3.05, 3.63) is 35.4 Å². The third-order valence-electron chi connectivity index (χ3n) is 3.05. The van der Waals surface area contributed by atoms with Crippen LogP contribution < -0.4 is 5.73 Å². The maximum absolute atomic E-state index is 13.1. The van der Waals surface area contributed by atoms with E-state index in [9.17, 15) is 13.6 Å². The van der Waals surface area contributed by atoms with Crippen LogP contribution in [0.1, 0.15) is 26.3 Å². The van der Waals surface area contributed by atoms with E-state index in [4.69, 9.17) is 5.73 Å². The minimum Gasteiger partial charge on any atom is -0.337 e. The van der Waals surface area contributed by atoms with Crippen LogP contribution in [0.15, 0.2) is 18.2 Å². The highest BCUT2D eigenvalue weighted by atomic mass is 19.2. The highest BCUT2D eigenvalue weighted by Gasteiger charge is 2.22. The lowest BCUT2D eigenvalue weighted by Crippen LogP contribution is -2.46. The zero-order chi connectivity index (χ0) is 14.6. The number of nitrogens with two attached hydrogens (primary N) is 1. The van der Waals surface area contributed by atoms with Gasteiger partial charge in [-0.3, -0.25) is 4.79 Å². The summed E-state index contributed by atoms with van der Waals surface area (Å²) in [4.78, 5) is 13.6. The van der Waals surface area contributed by atoms with Crippen LogP contribution in [0.2, 0.25) is 0 Å². The number of hydrogen-bond donors (Lipinski definition) is 1. The average molecular weight is 270 g/mol. The molecule has 0 aromatic heterocycles. The van der Waals surface area contributed by atoms with E-state index in [2.05, 4.69) is 0 Å². The van der Waals surface area contributed by atoms with Crippen molar-refractivity contribution in [1.82, 2.24) is 4.90 Å². The molecular weight excluding hydrogens is 250 g/mol. The summed E-state index contributed by atoms with van der Waals surface area (Å²) < 4.78 is 26.0. The van der Waals surface area contributed by atoms with Crippen molar-refractivity contribution in [2.24, 2.45) is 11.7 Å². The molecule has 1 rings (SSSR count). The van der Waals surface area contributed by atoms with Crippen molar-refractivity contribution in [3.8, 4) is 0 Å². The fourth-order valence-corrected chi connectivity index (χ4v) is 1.70. The van der Waals surface area contributed by atoms with Gasteiger partial charge in [0.15, 0.2) is 11.6 Å². The maximum Gasteiger partial charge on any atom is 0.240 e. The summed E-state index contributed by atoms with van der Waals surface area (Å²) in [6, 6.07) is 3.05. The Bertz CT molecular complexity index is 449. The van der Waals surface area contributed by atoms with Gasteiger partial charge in [-0.2, -0.15) is 0 Å². The number of nitrogens with zero attached hydrogens (tertiary/aromatic N) is 1. The number of benzene rings is 1. The second-order valence-electron chi connectivity index (χ2n) is 4.87. The van der Waals surface area contributed by atoms with E-state index in [0.717, 1.165) is 12.1 Å². The first-order chi connectivity index (χ1) is 8.86. The van der Waals surface area contributed by atoms with Crippen LogP contribution >= 0.6 is 0 Å². The van der Waals surface area contributed by atoms with Gasteiger partial charge in [-0.25, -0.2) is 8.78 Å². The number of hydrogen-bond acceptors (Lipinski definition) is 2. The molecule has 19 heavy (non-hydrogen) atoms. The zero-order valence-electron chi connectivity index (χ0n) is 11.5. The minimum atomic E-state index is -0.908. The van der Waals surface area contributed by atoms with Crippen molar-refractivity contribution < 1.29 is 13.6 Å². The van der Waals surface area contributed by atoms with E-state index < -0.39 is 17.7 Å². The molecule has 2 N–H and O–H groups in total. The van der Waals surface area contributed by atoms with Gasteiger partial charge < -0.3 is 10.6 Å². The van der Waals surface area contributed by atoms with Crippen molar-refractivity contribution in [2.45, 2.75) is 33.4 Å². The molecule has 0 fully saturated rings. The zero-order valence-corrected chi connectivity index (χ0v) is 11.5. The molecular formula is C14H20F2N2O. The van der Waals surface area contributed by atoms with Gasteiger partial charge in [0.2, 0.25) is 5.91 Å². The predicted molar refractivity (Wildman–Crippen MR) is 70.3 cm³/mol. The summed E-state index contributed by atoms with van der Waals surface area (Å²) in [6.45, 7) is 6.26. The molecule has 0 aliphatic rings. The number of carbonyl (C=O) groups excluding carboxylic acids is 1. The van der Waals surface area contributed by atoms with Crippen LogP contribution in [0.5, 0.6) is 0 Å². The molecule has 106 valence electrons.